The van der Waals surface area contributed by atoms with Crippen LogP contribution in [0.1, 0.15) is 34.2 Å². The molecule has 1 N–H and O–H groups in total. The molecule has 0 radical (unpaired) electrons. The molecular formula is C20H17FN4O3. The number of nitrogens with one attached hydrogen (secondary N) is 1. The number of aromatic nitrogens is 2. The zero-order valence-electron chi connectivity index (χ0n) is 15.1. The van der Waals surface area contributed by atoms with Crippen LogP contribution in [0.5, 0.6) is 0 Å². The Bertz CT molecular complexity index is 1030. The molecule has 1 atom stereocenters. The van der Waals surface area contributed by atoms with E-state index in [2.05, 4.69) is 15.5 Å². The molecule has 2 aromatic carbocycles. The lowest BCUT2D eigenvalue weighted by atomic mass is 10.1. The van der Waals surface area contributed by atoms with Gasteiger partial charge in [0.15, 0.2) is 0 Å². The topological polar surface area (TPSA) is 88.3 Å². The lowest BCUT2D eigenvalue weighted by Gasteiger charge is -2.15. The molecule has 1 aliphatic heterocycles. The Morgan fingerprint density at radius 1 is 1.21 bits per heavy atom. The molecule has 0 aliphatic carbocycles. The lowest BCUT2D eigenvalue weighted by Crippen LogP contribution is -2.24. The van der Waals surface area contributed by atoms with Crippen molar-refractivity contribution in [3.05, 3.63) is 71.4 Å². The predicted octanol–water partition coefficient (Wildman–Crippen LogP) is 3.29. The summed E-state index contributed by atoms with van der Waals surface area (Å²) < 4.78 is 18.6. The number of hydrogen-bond donors (Lipinski definition) is 1. The fraction of sp³-hybridized carbons (Fsp3) is 0.200. The van der Waals surface area contributed by atoms with Gasteiger partial charge in [-0.25, -0.2) is 4.39 Å². The van der Waals surface area contributed by atoms with E-state index in [1.807, 2.05) is 13.0 Å². The molecule has 1 aromatic heterocycles. The Hall–Kier alpha value is -3.55. The Labute approximate surface area is 160 Å². The first-order valence-electron chi connectivity index (χ1n) is 8.77. The van der Waals surface area contributed by atoms with Crippen LogP contribution in [0.4, 0.5) is 16.1 Å². The third-order valence-electron chi connectivity index (χ3n) is 4.55. The van der Waals surface area contributed by atoms with Gasteiger partial charge >= 0.3 is 6.01 Å². The molecule has 0 unspecified atom stereocenters. The summed E-state index contributed by atoms with van der Waals surface area (Å²) in [5.74, 6) is -0.848. The lowest BCUT2D eigenvalue weighted by molar-refractivity contribution is -0.117. The highest BCUT2D eigenvalue weighted by molar-refractivity contribution is 6.03. The summed E-state index contributed by atoms with van der Waals surface area (Å²) in [5, 5.41) is 10.4. The van der Waals surface area contributed by atoms with Crippen LogP contribution >= 0.6 is 0 Å². The Kier molecular flexibility index (Phi) is 4.60. The van der Waals surface area contributed by atoms with E-state index < -0.39 is 0 Å². The van der Waals surface area contributed by atoms with E-state index in [9.17, 15) is 14.0 Å². The van der Waals surface area contributed by atoms with Crippen LogP contribution in [0.2, 0.25) is 0 Å². The van der Waals surface area contributed by atoms with E-state index >= 15 is 0 Å². The molecular weight excluding hydrogens is 363 g/mol. The highest BCUT2D eigenvalue weighted by Gasteiger charge is 2.35. The number of hydrogen-bond acceptors (Lipinski definition) is 5. The van der Waals surface area contributed by atoms with Crippen molar-refractivity contribution < 1.29 is 18.4 Å². The summed E-state index contributed by atoms with van der Waals surface area (Å²) in [5.41, 5.74) is 2.06. The number of carbonyl (C=O) groups excluding carboxylic acids is 2. The summed E-state index contributed by atoms with van der Waals surface area (Å²) >= 11 is 0. The average molecular weight is 380 g/mol. The van der Waals surface area contributed by atoms with Gasteiger partial charge in [0, 0.05) is 24.2 Å². The average Bonchev–Trinajstić information content (AvgIpc) is 3.29. The molecule has 8 heteroatoms. The van der Waals surface area contributed by atoms with Gasteiger partial charge in [-0.2, -0.15) is 0 Å². The maximum Gasteiger partial charge on any atom is 0.322 e. The van der Waals surface area contributed by atoms with E-state index in [1.165, 1.54) is 12.1 Å². The molecule has 2 heterocycles. The van der Waals surface area contributed by atoms with Gasteiger partial charge in [-0.15, -0.1) is 5.10 Å². The van der Waals surface area contributed by atoms with Crippen LogP contribution in [0.3, 0.4) is 0 Å². The van der Waals surface area contributed by atoms with Crippen molar-refractivity contribution in [3.63, 3.8) is 0 Å². The smallest absolute Gasteiger partial charge is 0.322 e. The minimum atomic E-state index is -0.363. The molecule has 1 saturated heterocycles. The summed E-state index contributed by atoms with van der Waals surface area (Å²) in [4.78, 5) is 26.2. The van der Waals surface area contributed by atoms with Gasteiger partial charge in [0.25, 0.3) is 5.91 Å². The second-order valence-corrected chi connectivity index (χ2v) is 6.65. The van der Waals surface area contributed by atoms with Gasteiger partial charge in [0.05, 0.1) is 5.92 Å². The maximum atomic E-state index is 13.1. The molecule has 3 aromatic rings. The molecule has 28 heavy (non-hydrogen) atoms. The van der Waals surface area contributed by atoms with Crippen molar-refractivity contribution in [2.24, 2.45) is 0 Å². The van der Waals surface area contributed by atoms with Crippen molar-refractivity contribution in [2.75, 3.05) is 16.8 Å². The third-order valence-corrected chi connectivity index (χ3v) is 4.55. The zero-order valence-corrected chi connectivity index (χ0v) is 15.1. The Balaban J connectivity index is 1.45. The number of rotatable bonds is 4. The van der Waals surface area contributed by atoms with Gasteiger partial charge in [-0.3, -0.25) is 14.9 Å². The Morgan fingerprint density at radius 3 is 2.75 bits per heavy atom. The molecule has 0 saturated carbocycles. The van der Waals surface area contributed by atoms with Crippen molar-refractivity contribution in [1.29, 1.82) is 0 Å². The van der Waals surface area contributed by atoms with Crippen molar-refractivity contribution in [3.8, 4) is 0 Å². The molecule has 0 bridgehead atoms. The van der Waals surface area contributed by atoms with E-state index in [4.69, 9.17) is 4.42 Å². The number of halogens is 1. The number of carbonyl (C=O) groups is 2. The highest BCUT2D eigenvalue weighted by Crippen LogP contribution is 2.31. The quantitative estimate of drug-likeness (QED) is 0.750. The summed E-state index contributed by atoms with van der Waals surface area (Å²) in [7, 11) is 0. The molecule has 142 valence electrons. The molecule has 1 aliphatic rings. The largest absolute Gasteiger partial charge is 0.407 e. The number of aryl methyl sites for hydroxylation is 1. The zero-order chi connectivity index (χ0) is 19.7. The molecule has 0 spiro atoms. The third kappa shape index (κ3) is 3.62. The first-order valence-corrected chi connectivity index (χ1v) is 8.77. The maximum absolute atomic E-state index is 13.1. The number of anilines is 2. The minimum absolute atomic E-state index is 0.0193. The van der Waals surface area contributed by atoms with Crippen molar-refractivity contribution in [2.45, 2.75) is 19.3 Å². The normalized spacial score (nSPS) is 16.4. The number of benzene rings is 2. The molecule has 1 fully saturated rings. The fourth-order valence-corrected chi connectivity index (χ4v) is 3.15. The van der Waals surface area contributed by atoms with E-state index in [1.54, 1.807) is 35.2 Å². The van der Waals surface area contributed by atoms with Crippen LogP contribution in [-0.2, 0) is 4.79 Å². The van der Waals surface area contributed by atoms with Crippen molar-refractivity contribution >= 4 is 23.5 Å². The second kappa shape index (κ2) is 7.22. The second-order valence-electron chi connectivity index (χ2n) is 6.65. The van der Waals surface area contributed by atoms with Gasteiger partial charge in [-0.05, 0) is 43.3 Å². The first kappa shape index (κ1) is 17.8. The Morgan fingerprint density at radius 2 is 2.00 bits per heavy atom. The van der Waals surface area contributed by atoms with Crippen LogP contribution in [-0.4, -0.2) is 28.6 Å². The van der Waals surface area contributed by atoms with Crippen LogP contribution in [0.15, 0.2) is 52.9 Å². The van der Waals surface area contributed by atoms with Gasteiger partial charge in [-0.1, -0.05) is 22.8 Å². The van der Waals surface area contributed by atoms with Crippen LogP contribution < -0.4 is 10.2 Å². The highest BCUT2D eigenvalue weighted by atomic mass is 19.1. The van der Waals surface area contributed by atoms with Crippen LogP contribution in [0, 0.1) is 12.7 Å². The first-order chi connectivity index (χ1) is 13.5. The van der Waals surface area contributed by atoms with E-state index in [0.717, 1.165) is 5.56 Å². The summed E-state index contributed by atoms with van der Waals surface area (Å²) in [6.07, 6.45) is 0.199. The van der Waals surface area contributed by atoms with Gasteiger partial charge < -0.3 is 9.32 Å². The fourth-order valence-electron chi connectivity index (χ4n) is 3.15. The van der Waals surface area contributed by atoms with E-state index in [0.29, 0.717) is 17.8 Å². The van der Waals surface area contributed by atoms with Crippen LogP contribution in [0.25, 0.3) is 0 Å². The number of nitrogens with zero attached hydrogens (tertiary/aromatic N) is 3. The van der Waals surface area contributed by atoms with Gasteiger partial charge in [0.2, 0.25) is 11.8 Å². The molecule has 7 nitrogen and oxygen atoms in total. The van der Waals surface area contributed by atoms with E-state index in [-0.39, 0.29) is 41.9 Å². The summed E-state index contributed by atoms with van der Waals surface area (Å²) in [6.45, 7) is 2.24. The minimum Gasteiger partial charge on any atom is -0.407 e. The SMILES string of the molecule is Cc1cccc(C(=O)Nc2nnc([C@@H]3CC(=O)N(c4ccc(F)cc4)C3)o2)c1. The summed E-state index contributed by atoms with van der Waals surface area (Å²) in [6, 6.07) is 12.8. The predicted molar refractivity (Wildman–Crippen MR) is 99.5 cm³/mol. The standard InChI is InChI=1S/C20H17FN4O3/c1-12-3-2-4-13(9-12)18(27)22-20-24-23-19(28-20)14-10-17(26)25(11-14)16-7-5-15(21)6-8-16/h2-9,14H,10-11H2,1H3,(H,22,24,27)/t14-/m1/s1. The molecule has 2 amide bonds. The van der Waals surface area contributed by atoms with Crippen molar-refractivity contribution in [1.82, 2.24) is 10.2 Å². The number of amides is 2. The monoisotopic (exact) mass is 380 g/mol. The van der Waals surface area contributed by atoms with Gasteiger partial charge in [0.1, 0.15) is 5.82 Å². The molecule has 4 rings (SSSR count).